The summed E-state index contributed by atoms with van der Waals surface area (Å²) in [6, 6.07) is 77.2. The minimum absolute atomic E-state index is 1.04. The molecule has 0 aliphatic carbocycles. The van der Waals surface area contributed by atoms with E-state index in [1.54, 1.807) is 0 Å². The smallest absolute Gasteiger partial charge is 0.0493 e. The summed E-state index contributed by atoms with van der Waals surface area (Å²) < 4.78 is 0. The van der Waals surface area contributed by atoms with Crippen molar-refractivity contribution >= 4 is 77.2 Å². The third-order valence-corrected chi connectivity index (χ3v) is 13.8. The second-order valence-corrected chi connectivity index (χ2v) is 17.1. The van der Waals surface area contributed by atoms with E-state index in [0.29, 0.717) is 0 Å². The summed E-state index contributed by atoms with van der Waals surface area (Å²) in [6.45, 7) is 0. The van der Waals surface area contributed by atoms with Gasteiger partial charge in [-0.05, 0) is 162 Å². The van der Waals surface area contributed by atoms with Gasteiger partial charge in [0.15, 0.2) is 0 Å². The van der Waals surface area contributed by atoms with Gasteiger partial charge in [0.2, 0.25) is 0 Å². The van der Waals surface area contributed by atoms with Crippen molar-refractivity contribution in [2.24, 2.45) is 0 Å². The van der Waals surface area contributed by atoms with Gasteiger partial charge in [0.25, 0.3) is 0 Å². The molecule has 62 heavy (non-hydrogen) atoms. The average molecular weight is 791 g/mol. The summed E-state index contributed by atoms with van der Waals surface area (Å²) in [5.41, 5.74) is 18.0. The summed E-state index contributed by atoms with van der Waals surface area (Å²) in [5.74, 6) is 0. The van der Waals surface area contributed by atoms with Gasteiger partial charge in [0.1, 0.15) is 0 Å². The fraction of sp³-hybridized carbons (Fsp3) is 0.0667. The lowest BCUT2D eigenvalue weighted by atomic mass is 9.85. The Morgan fingerprint density at radius 1 is 0.242 bits per heavy atom. The number of rotatable bonds is 4. The number of hydrogen-bond acceptors (Lipinski definition) is 2. The van der Waals surface area contributed by atoms with Crippen molar-refractivity contribution < 1.29 is 0 Å². The Hall–Kier alpha value is -7.68. The first-order valence-electron chi connectivity index (χ1n) is 22.0. The highest BCUT2D eigenvalue weighted by molar-refractivity contribution is 6.35. The molecule has 2 nitrogen and oxygen atoms in total. The lowest BCUT2D eigenvalue weighted by Gasteiger charge is -2.27. The number of anilines is 6. The highest BCUT2D eigenvalue weighted by Gasteiger charge is 2.24. The maximum atomic E-state index is 2.45. The molecule has 11 aromatic rings. The predicted molar refractivity (Wildman–Crippen MR) is 263 cm³/mol. The highest BCUT2D eigenvalue weighted by atomic mass is 15.2. The molecule has 0 unspecified atom stereocenters. The molecule has 0 N–H and O–H groups in total. The lowest BCUT2D eigenvalue weighted by molar-refractivity contribution is 0.977. The van der Waals surface area contributed by atoms with E-state index in [2.05, 4.69) is 216 Å². The molecule has 0 saturated carbocycles. The van der Waals surface area contributed by atoms with E-state index >= 15 is 0 Å². The van der Waals surface area contributed by atoms with E-state index in [9.17, 15) is 0 Å². The molecule has 2 heterocycles. The lowest BCUT2D eigenvalue weighted by Crippen LogP contribution is -2.11. The number of para-hydroxylation sites is 4. The van der Waals surface area contributed by atoms with Gasteiger partial charge in [0, 0.05) is 34.1 Å². The molecule has 0 bridgehead atoms. The zero-order chi connectivity index (χ0) is 40.7. The number of nitrogens with zero attached hydrogens (tertiary/aromatic N) is 2. The van der Waals surface area contributed by atoms with Crippen LogP contribution < -0.4 is 9.80 Å². The number of benzene rings is 11. The number of fused-ring (bicyclic) bond motifs is 6. The van der Waals surface area contributed by atoms with Crippen molar-refractivity contribution in [2.75, 3.05) is 9.80 Å². The van der Waals surface area contributed by atoms with Crippen LogP contribution in [0.4, 0.5) is 34.1 Å². The molecule has 11 aromatic carbocycles. The van der Waals surface area contributed by atoms with Crippen molar-refractivity contribution in [3.63, 3.8) is 0 Å². The third-order valence-electron chi connectivity index (χ3n) is 13.8. The molecule has 2 heteroatoms. The van der Waals surface area contributed by atoms with Gasteiger partial charge in [-0.25, -0.2) is 0 Å². The van der Waals surface area contributed by atoms with Crippen LogP contribution in [-0.2, 0) is 25.7 Å². The summed E-state index contributed by atoms with van der Waals surface area (Å²) >= 11 is 0. The largest absolute Gasteiger partial charge is 0.310 e. The maximum Gasteiger partial charge on any atom is 0.0493 e. The van der Waals surface area contributed by atoms with Crippen LogP contribution in [0.3, 0.4) is 0 Å². The van der Waals surface area contributed by atoms with E-state index in [1.807, 2.05) is 0 Å². The van der Waals surface area contributed by atoms with Crippen LogP contribution >= 0.6 is 0 Å². The zero-order valence-electron chi connectivity index (χ0n) is 34.4. The Morgan fingerprint density at radius 2 is 0.548 bits per heavy atom. The maximum absolute atomic E-state index is 2.45. The molecular formula is C60H42N2. The van der Waals surface area contributed by atoms with E-state index in [1.165, 1.54) is 122 Å². The Balaban J connectivity index is 0.905. The molecule has 0 saturated heterocycles. The van der Waals surface area contributed by atoms with Crippen molar-refractivity contribution in [1.29, 1.82) is 0 Å². The second kappa shape index (κ2) is 13.9. The molecule has 0 radical (unpaired) electrons. The molecule has 2 aliphatic rings. The van der Waals surface area contributed by atoms with Crippen LogP contribution in [0.2, 0.25) is 0 Å². The molecule has 292 valence electrons. The predicted octanol–water partition coefficient (Wildman–Crippen LogP) is 16.2. The van der Waals surface area contributed by atoms with E-state index in [0.717, 1.165) is 25.7 Å². The molecule has 2 aliphatic heterocycles. The summed E-state index contributed by atoms with van der Waals surface area (Å²) in [5, 5.41) is 10.5. The van der Waals surface area contributed by atoms with Crippen molar-refractivity contribution in [1.82, 2.24) is 0 Å². The van der Waals surface area contributed by atoms with Crippen molar-refractivity contribution in [3.8, 4) is 22.3 Å². The molecule has 0 atom stereocenters. The van der Waals surface area contributed by atoms with Crippen molar-refractivity contribution in [2.45, 2.75) is 25.7 Å². The molecule has 0 spiro atoms. The Bertz CT molecular complexity index is 3170. The topological polar surface area (TPSA) is 6.48 Å². The molecule has 0 fully saturated rings. The van der Waals surface area contributed by atoms with Gasteiger partial charge in [-0.1, -0.05) is 158 Å². The Labute approximate surface area is 361 Å². The molecule has 13 rings (SSSR count). The molecule has 0 amide bonds. The van der Waals surface area contributed by atoms with Crippen LogP contribution in [0, 0.1) is 0 Å². The van der Waals surface area contributed by atoms with Crippen molar-refractivity contribution in [3.05, 3.63) is 229 Å². The third kappa shape index (κ3) is 5.36. The Kier molecular flexibility index (Phi) is 7.90. The van der Waals surface area contributed by atoms with E-state index < -0.39 is 0 Å². The van der Waals surface area contributed by atoms with Crippen LogP contribution in [0.5, 0.6) is 0 Å². The minimum atomic E-state index is 1.04. The normalized spacial score (nSPS) is 13.5. The minimum Gasteiger partial charge on any atom is -0.310 e. The quantitative estimate of drug-likeness (QED) is 0.129. The van der Waals surface area contributed by atoms with Crippen LogP contribution in [0.1, 0.15) is 22.3 Å². The van der Waals surface area contributed by atoms with Crippen LogP contribution in [-0.4, -0.2) is 0 Å². The van der Waals surface area contributed by atoms with Gasteiger partial charge < -0.3 is 9.80 Å². The first-order valence-corrected chi connectivity index (χ1v) is 22.0. The standard InChI is InChI=1S/C60H42N2/c1-5-19-55-41(11-1)23-24-42-12-2-6-20-56(42)61(55)45-31-27-39(28-32-45)47-35-37-53-52-18-10-16-50-48(36-38-54(60(50)52)51-17-9-15-49(47)59(51)53)40-29-33-46(34-30-40)62-57-21-7-3-13-43(57)25-26-44-14-4-8-22-58(44)62/h1-22,27-38H,23-26H2. The van der Waals surface area contributed by atoms with Gasteiger partial charge in [-0.3, -0.25) is 0 Å². The SMILES string of the molecule is c1ccc2c(c1)CCc1ccccc1N2c1ccc(-c2ccc3c4cccc5c(-c6ccc(N7c8ccccc8CCc8ccccc87)cc6)ccc(c6cccc2c63)c54)cc1. The summed E-state index contributed by atoms with van der Waals surface area (Å²) in [7, 11) is 0. The van der Waals surface area contributed by atoms with Gasteiger partial charge >= 0.3 is 0 Å². The number of aryl methyl sites for hydroxylation is 4. The fourth-order valence-electron chi connectivity index (χ4n) is 10.9. The number of hydrogen-bond donors (Lipinski definition) is 0. The van der Waals surface area contributed by atoms with Crippen LogP contribution in [0.15, 0.2) is 206 Å². The fourth-order valence-corrected chi connectivity index (χ4v) is 10.9. The van der Waals surface area contributed by atoms with Gasteiger partial charge in [-0.15, -0.1) is 0 Å². The highest BCUT2D eigenvalue weighted by Crippen LogP contribution is 2.48. The van der Waals surface area contributed by atoms with E-state index in [-0.39, 0.29) is 0 Å². The first kappa shape index (κ1) is 35.1. The van der Waals surface area contributed by atoms with Gasteiger partial charge in [0.05, 0.1) is 0 Å². The summed E-state index contributed by atoms with van der Waals surface area (Å²) in [6.07, 6.45) is 4.16. The molecular weight excluding hydrogens is 749 g/mol. The zero-order valence-corrected chi connectivity index (χ0v) is 34.4. The molecule has 0 aromatic heterocycles. The van der Waals surface area contributed by atoms with Crippen LogP contribution in [0.25, 0.3) is 65.3 Å². The van der Waals surface area contributed by atoms with Gasteiger partial charge in [-0.2, -0.15) is 0 Å². The first-order chi connectivity index (χ1) is 30.8. The monoisotopic (exact) mass is 790 g/mol. The summed E-state index contributed by atoms with van der Waals surface area (Å²) in [4.78, 5) is 4.90. The Morgan fingerprint density at radius 3 is 0.903 bits per heavy atom. The average Bonchev–Trinajstić information content (AvgIpc) is 3.61. The van der Waals surface area contributed by atoms with E-state index in [4.69, 9.17) is 0 Å². The second-order valence-electron chi connectivity index (χ2n) is 17.1.